The molecular formula is C18H19Cl2N5. The zero-order valence-electron chi connectivity index (χ0n) is 14.1. The van der Waals surface area contributed by atoms with Crippen molar-refractivity contribution in [2.24, 2.45) is 5.92 Å². The Kier molecular flexibility index (Phi) is 5.56. The molecule has 1 heterocycles. The zero-order valence-corrected chi connectivity index (χ0v) is 15.6. The number of rotatable bonds is 6. The van der Waals surface area contributed by atoms with Gasteiger partial charge in [0.05, 0.1) is 15.7 Å². The zero-order chi connectivity index (χ0) is 17.8. The number of anilines is 1. The first kappa shape index (κ1) is 17.7. The Balaban J connectivity index is 1.77. The third kappa shape index (κ3) is 4.30. The summed E-state index contributed by atoms with van der Waals surface area (Å²) >= 11 is 12.3. The van der Waals surface area contributed by atoms with E-state index in [2.05, 4.69) is 59.0 Å². The van der Waals surface area contributed by atoms with Crippen molar-refractivity contribution in [1.29, 1.82) is 0 Å². The van der Waals surface area contributed by atoms with E-state index in [1.165, 1.54) is 11.1 Å². The second-order valence-electron chi connectivity index (χ2n) is 6.26. The molecule has 0 amide bonds. The van der Waals surface area contributed by atoms with Crippen LogP contribution in [0.15, 0.2) is 42.5 Å². The molecule has 3 rings (SSSR count). The molecule has 1 aromatic heterocycles. The van der Waals surface area contributed by atoms with Crippen molar-refractivity contribution in [1.82, 2.24) is 20.2 Å². The van der Waals surface area contributed by atoms with E-state index in [9.17, 15) is 0 Å². The van der Waals surface area contributed by atoms with Gasteiger partial charge in [-0.25, -0.2) is 0 Å². The Morgan fingerprint density at radius 2 is 1.84 bits per heavy atom. The Labute approximate surface area is 157 Å². The summed E-state index contributed by atoms with van der Waals surface area (Å²) in [6, 6.07) is 13.9. The molecule has 1 N–H and O–H groups in total. The molecule has 0 bridgehead atoms. The van der Waals surface area contributed by atoms with Gasteiger partial charge in [0.15, 0.2) is 0 Å². The van der Waals surface area contributed by atoms with Gasteiger partial charge in [-0.05, 0) is 46.0 Å². The van der Waals surface area contributed by atoms with Crippen molar-refractivity contribution in [2.45, 2.75) is 26.8 Å². The van der Waals surface area contributed by atoms with E-state index >= 15 is 0 Å². The highest BCUT2D eigenvalue weighted by molar-refractivity contribution is 6.43. The highest BCUT2D eigenvalue weighted by atomic mass is 35.5. The molecule has 0 unspecified atom stereocenters. The van der Waals surface area contributed by atoms with E-state index in [4.69, 9.17) is 23.2 Å². The highest BCUT2D eigenvalue weighted by Crippen LogP contribution is 2.29. The van der Waals surface area contributed by atoms with Gasteiger partial charge >= 0.3 is 0 Å². The molecule has 7 heteroatoms. The monoisotopic (exact) mass is 375 g/mol. The number of nitrogens with one attached hydrogen (secondary N) is 1. The van der Waals surface area contributed by atoms with E-state index in [0.29, 0.717) is 34.1 Å². The molecule has 5 nitrogen and oxygen atoms in total. The first-order chi connectivity index (χ1) is 12.0. The summed E-state index contributed by atoms with van der Waals surface area (Å²) in [5.74, 6) is 1.14. The normalized spacial score (nSPS) is 11.1. The van der Waals surface area contributed by atoms with Crippen molar-refractivity contribution in [2.75, 3.05) is 5.32 Å². The average Bonchev–Trinajstić information content (AvgIpc) is 3.03. The predicted molar refractivity (Wildman–Crippen MR) is 101 cm³/mol. The first-order valence-electron chi connectivity index (χ1n) is 8.09. The largest absolute Gasteiger partial charge is 0.349 e. The molecule has 2 aromatic carbocycles. The van der Waals surface area contributed by atoms with Gasteiger partial charge in [0.1, 0.15) is 0 Å². The van der Waals surface area contributed by atoms with Crippen LogP contribution in [0.5, 0.6) is 0 Å². The molecule has 0 atom stereocenters. The van der Waals surface area contributed by atoms with Gasteiger partial charge in [0, 0.05) is 6.54 Å². The maximum Gasteiger partial charge on any atom is 0.248 e. The Morgan fingerprint density at radius 3 is 2.64 bits per heavy atom. The molecule has 130 valence electrons. The lowest BCUT2D eigenvalue weighted by Gasteiger charge is -2.10. The van der Waals surface area contributed by atoms with E-state index in [0.717, 1.165) is 6.42 Å². The highest BCUT2D eigenvalue weighted by Gasteiger charge is 2.13. The summed E-state index contributed by atoms with van der Waals surface area (Å²) in [6.07, 6.45) is 1.06. The Bertz CT molecular complexity index is 860. The van der Waals surface area contributed by atoms with E-state index in [-0.39, 0.29) is 0 Å². The molecule has 0 aliphatic rings. The lowest BCUT2D eigenvalue weighted by atomic mass is 10.0. The van der Waals surface area contributed by atoms with E-state index in [1.54, 1.807) is 10.7 Å². The number of nitrogens with zero attached hydrogens (tertiary/aromatic N) is 4. The molecule has 0 saturated heterocycles. The van der Waals surface area contributed by atoms with Gasteiger partial charge in [-0.15, -0.1) is 0 Å². The van der Waals surface area contributed by atoms with Crippen LogP contribution in [-0.4, -0.2) is 20.2 Å². The van der Waals surface area contributed by atoms with E-state index < -0.39 is 0 Å². The van der Waals surface area contributed by atoms with Crippen LogP contribution in [0.4, 0.5) is 5.95 Å². The smallest absolute Gasteiger partial charge is 0.248 e. The molecule has 0 aliphatic heterocycles. The van der Waals surface area contributed by atoms with Gasteiger partial charge in [-0.3, -0.25) is 0 Å². The minimum Gasteiger partial charge on any atom is -0.349 e. The molecule has 25 heavy (non-hydrogen) atoms. The quantitative estimate of drug-likeness (QED) is 0.673. The maximum absolute atomic E-state index is 6.27. The van der Waals surface area contributed by atoms with Crippen LogP contribution in [0, 0.1) is 5.92 Å². The topological polar surface area (TPSA) is 55.6 Å². The summed E-state index contributed by atoms with van der Waals surface area (Å²) in [4.78, 5) is 0. The number of halogens is 2. The second-order valence-corrected chi connectivity index (χ2v) is 7.04. The number of hydrogen-bond donors (Lipinski definition) is 1. The van der Waals surface area contributed by atoms with Crippen LogP contribution in [-0.2, 0) is 13.0 Å². The van der Waals surface area contributed by atoms with Crippen molar-refractivity contribution in [3.05, 3.63) is 63.6 Å². The van der Waals surface area contributed by atoms with Crippen molar-refractivity contribution in [3.63, 3.8) is 0 Å². The van der Waals surface area contributed by atoms with E-state index in [1.807, 2.05) is 12.1 Å². The van der Waals surface area contributed by atoms with Crippen LogP contribution in [0.1, 0.15) is 25.0 Å². The molecule has 0 spiro atoms. The molecule has 3 aromatic rings. The molecular weight excluding hydrogens is 357 g/mol. The third-order valence-corrected chi connectivity index (χ3v) is 4.52. The third-order valence-electron chi connectivity index (χ3n) is 3.71. The van der Waals surface area contributed by atoms with Crippen LogP contribution in [0.2, 0.25) is 10.0 Å². The Hall–Kier alpha value is -2.11. The SMILES string of the molecule is CC(C)Cc1cccc(CNc2nnnn2-c2cccc(Cl)c2Cl)c1. The fraction of sp³-hybridized carbons (Fsp3) is 0.278. The van der Waals surface area contributed by atoms with Crippen molar-refractivity contribution >= 4 is 29.2 Å². The van der Waals surface area contributed by atoms with Gasteiger partial charge in [-0.2, -0.15) is 4.68 Å². The number of benzene rings is 2. The number of hydrogen-bond acceptors (Lipinski definition) is 4. The average molecular weight is 376 g/mol. The minimum atomic E-state index is 0.415. The fourth-order valence-corrected chi connectivity index (χ4v) is 3.01. The van der Waals surface area contributed by atoms with Crippen LogP contribution in [0.25, 0.3) is 5.69 Å². The fourth-order valence-electron chi connectivity index (χ4n) is 2.63. The Morgan fingerprint density at radius 1 is 1.08 bits per heavy atom. The number of aromatic nitrogens is 4. The van der Waals surface area contributed by atoms with Crippen LogP contribution >= 0.6 is 23.2 Å². The lowest BCUT2D eigenvalue weighted by Crippen LogP contribution is -2.08. The maximum atomic E-state index is 6.27. The van der Waals surface area contributed by atoms with Gasteiger partial charge in [-0.1, -0.05) is 72.5 Å². The summed E-state index contributed by atoms with van der Waals surface area (Å²) in [7, 11) is 0. The number of tetrazole rings is 1. The molecule has 0 radical (unpaired) electrons. The van der Waals surface area contributed by atoms with Crippen molar-refractivity contribution < 1.29 is 0 Å². The molecule has 0 aliphatic carbocycles. The molecule has 0 fully saturated rings. The van der Waals surface area contributed by atoms with Gasteiger partial charge in [0.2, 0.25) is 5.95 Å². The summed E-state index contributed by atoms with van der Waals surface area (Å²) in [6.45, 7) is 5.05. The second kappa shape index (κ2) is 7.85. The lowest BCUT2D eigenvalue weighted by molar-refractivity contribution is 0.647. The van der Waals surface area contributed by atoms with Crippen LogP contribution in [0.3, 0.4) is 0 Å². The van der Waals surface area contributed by atoms with Crippen molar-refractivity contribution in [3.8, 4) is 5.69 Å². The van der Waals surface area contributed by atoms with Gasteiger partial charge in [0.25, 0.3) is 0 Å². The minimum absolute atomic E-state index is 0.415. The first-order valence-corrected chi connectivity index (χ1v) is 8.84. The summed E-state index contributed by atoms with van der Waals surface area (Å²) in [5.41, 5.74) is 3.13. The van der Waals surface area contributed by atoms with Gasteiger partial charge < -0.3 is 5.32 Å². The summed E-state index contributed by atoms with van der Waals surface area (Å²) in [5, 5.41) is 15.9. The predicted octanol–water partition coefficient (Wildman–Crippen LogP) is 4.78. The standard InChI is InChI=1S/C18H19Cl2N5/c1-12(2)9-13-5-3-6-14(10-13)11-21-18-22-23-24-25(18)16-8-4-7-15(19)17(16)20/h3-8,10,12H,9,11H2,1-2H3,(H,21,22,24). The van der Waals surface area contributed by atoms with Crippen LogP contribution < -0.4 is 5.32 Å². The molecule has 0 saturated carbocycles. The summed E-state index contributed by atoms with van der Waals surface area (Å²) < 4.78 is 1.55.